The zero-order valence-electron chi connectivity index (χ0n) is 7.18. The van der Waals surface area contributed by atoms with E-state index in [1.165, 1.54) is 0 Å². The van der Waals surface area contributed by atoms with Gasteiger partial charge in [0.2, 0.25) is 0 Å². The number of aliphatic hydroxyl groups excluding tert-OH is 1. The minimum absolute atomic E-state index is 0.0708. The third-order valence-corrected chi connectivity index (χ3v) is 2.25. The minimum atomic E-state index is -0.0708. The Morgan fingerprint density at radius 1 is 1.50 bits per heavy atom. The van der Waals surface area contributed by atoms with Gasteiger partial charge in [0.05, 0.1) is 0 Å². The second kappa shape index (κ2) is 4.95. The molecule has 2 nitrogen and oxygen atoms in total. The lowest BCUT2D eigenvalue weighted by Gasteiger charge is -2.02. The molecule has 1 aliphatic carbocycles. The molecule has 0 aliphatic heterocycles. The monoisotopic (exact) mass is 166 g/mol. The minimum Gasteiger partial charge on any atom is -0.384 e. The summed E-state index contributed by atoms with van der Waals surface area (Å²) in [6.07, 6.45) is 4.48. The first-order chi connectivity index (χ1) is 5.84. The van der Waals surface area contributed by atoms with E-state index in [4.69, 9.17) is 5.11 Å². The fourth-order valence-electron chi connectivity index (χ4n) is 1.58. The van der Waals surface area contributed by atoms with Crippen LogP contribution >= 0.6 is 0 Å². The van der Waals surface area contributed by atoms with Crippen LogP contribution in [0.25, 0.3) is 0 Å². The van der Waals surface area contributed by atoms with Gasteiger partial charge in [-0.1, -0.05) is 5.92 Å². The Labute approximate surface area is 73.0 Å². The van der Waals surface area contributed by atoms with E-state index in [0.717, 1.165) is 32.1 Å². The predicted molar refractivity (Wildman–Crippen MR) is 46.4 cm³/mol. The molecule has 1 fully saturated rings. The molecule has 0 saturated heterocycles. The van der Waals surface area contributed by atoms with Gasteiger partial charge < -0.3 is 5.11 Å². The molecule has 0 amide bonds. The Kier molecular flexibility index (Phi) is 3.83. The summed E-state index contributed by atoms with van der Waals surface area (Å²) in [4.78, 5) is 11.1. The number of Topliss-reactive ketones (excluding diaryl/α,β-unsaturated/α-hetero) is 1. The quantitative estimate of drug-likeness (QED) is 0.624. The van der Waals surface area contributed by atoms with E-state index >= 15 is 0 Å². The van der Waals surface area contributed by atoms with E-state index in [0.29, 0.717) is 5.78 Å². The summed E-state index contributed by atoms with van der Waals surface area (Å²) >= 11 is 0. The molecule has 0 aromatic rings. The van der Waals surface area contributed by atoms with E-state index < -0.39 is 0 Å². The van der Waals surface area contributed by atoms with Crippen molar-refractivity contribution in [2.45, 2.75) is 32.1 Å². The highest BCUT2D eigenvalue weighted by molar-refractivity contribution is 5.82. The summed E-state index contributed by atoms with van der Waals surface area (Å²) < 4.78 is 0. The molecule has 2 heteroatoms. The molecule has 1 aliphatic rings. The van der Waals surface area contributed by atoms with Crippen molar-refractivity contribution < 1.29 is 9.90 Å². The lowest BCUT2D eigenvalue weighted by Crippen LogP contribution is -2.05. The first-order valence-corrected chi connectivity index (χ1v) is 4.44. The molecule has 12 heavy (non-hydrogen) atoms. The molecule has 0 bridgehead atoms. The molecule has 0 heterocycles. The average Bonchev–Trinajstić information content (AvgIpc) is 2.46. The van der Waals surface area contributed by atoms with Crippen LogP contribution in [0, 0.1) is 17.8 Å². The number of ketones is 1. The van der Waals surface area contributed by atoms with E-state index in [9.17, 15) is 4.79 Å². The Morgan fingerprint density at radius 3 is 2.92 bits per heavy atom. The second-order valence-electron chi connectivity index (χ2n) is 3.11. The van der Waals surface area contributed by atoms with Gasteiger partial charge in [-0.05, 0) is 19.3 Å². The third-order valence-electron chi connectivity index (χ3n) is 2.25. The van der Waals surface area contributed by atoms with Crippen LogP contribution in [0.2, 0.25) is 0 Å². The smallest absolute Gasteiger partial charge is 0.136 e. The van der Waals surface area contributed by atoms with Crippen LogP contribution in [0.1, 0.15) is 32.1 Å². The topological polar surface area (TPSA) is 37.3 Å². The fraction of sp³-hybridized carbons (Fsp3) is 0.700. The predicted octanol–water partition coefficient (Wildman–Crippen LogP) is 1.13. The van der Waals surface area contributed by atoms with Crippen molar-refractivity contribution in [1.29, 1.82) is 0 Å². The van der Waals surface area contributed by atoms with Gasteiger partial charge in [0, 0.05) is 18.8 Å². The van der Waals surface area contributed by atoms with Crippen molar-refractivity contribution in [3.63, 3.8) is 0 Å². The van der Waals surface area contributed by atoms with Crippen molar-refractivity contribution in [2.75, 3.05) is 6.61 Å². The normalized spacial score (nSPS) is 22.1. The highest BCUT2D eigenvalue weighted by Crippen LogP contribution is 2.24. The molecule has 0 aromatic heterocycles. The zero-order chi connectivity index (χ0) is 8.81. The van der Waals surface area contributed by atoms with Crippen LogP contribution in [0.3, 0.4) is 0 Å². The average molecular weight is 166 g/mol. The molecular weight excluding hydrogens is 152 g/mol. The Balaban J connectivity index is 2.18. The molecule has 0 spiro atoms. The number of hydrogen-bond donors (Lipinski definition) is 1. The van der Waals surface area contributed by atoms with Crippen LogP contribution < -0.4 is 0 Å². The number of carbonyl (C=O) groups is 1. The van der Waals surface area contributed by atoms with Crippen molar-refractivity contribution in [3.8, 4) is 11.8 Å². The fourth-order valence-corrected chi connectivity index (χ4v) is 1.58. The summed E-state index contributed by atoms with van der Waals surface area (Å²) in [7, 11) is 0. The van der Waals surface area contributed by atoms with E-state index in [1.807, 2.05) is 0 Å². The number of aliphatic hydroxyl groups is 1. The highest BCUT2D eigenvalue weighted by atomic mass is 16.2. The maximum atomic E-state index is 11.1. The van der Waals surface area contributed by atoms with Crippen LogP contribution in [-0.4, -0.2) is 17.5 Å². The first kappa shape index (κ1) is 9.28. The van der Waals surface area contributed by atoms with Gasteiger partial charge in [0.25, 0.3) is 0 Å². The summed E-state index contributed by atoms with van der Waals surface area (Å²) in [5.74, 6) is 6.08. The van der Waals surface area contributed by atoms with Gasteiger partial charge in [-0.25, -0.2) is 0 Å². The van der Waals surface area contributed by atoms with Gasteiger partial charge in [-0.3, -0.25) is 4.79 Å². The zero-order valence-corrected chi connectivity index (χ0v) is 7.18. The molecular formula is C10H14O2. The molecule has 1 N–H and O–H groups in total. The Morgan fingerprint density at radius 2 is 2.33 bits per heavy atom. The molecule has 1 rings (SSSR count). The third kappa shape index (κ3) is 2.67. The molecule has 1 atom stereocenters. The van der Waals surface area contributed by atoms with E-state index in [2.05, 4.69) is 11.8 Å². The van der Waals surface area contributed by atoms with Crippen molar-refractivity contribution in [2.24, 2.45) is 5.92 Å². The number of rotatable bonds is 2. The van der Waals surface area contributed by atoms with Crippen LogP contribution in [0.5, 0.6) is 0 Å². The molecule has 66 valence electrons. The molecule has 1 saturated carbocycles. The van der Waals surface area contributed by atoms with Gasteiger partial charge in [-0.15, -0.1) is 5.92 Å². The van der Waals surface area contributed by atoms with Gasteiger partial charge >= 0.3 is 0 Å². The van der Waals surface area contributed by atoms with Crippen LogP contribution in [0.15, 0.2) is 0 Å². The standard InChI is InChI=1S/C10H14O2/c11-8-3-1-2-5-9-6-4-7-10(9)12/h9,11H,2,4-8H2. The summed E-state index contributed by atoms with van der Waals surface area (Å²) in [5.41, 5.74) is 0. The largest absolute Gasteiger partial charge is 0.384 e. The Bertz CT molecular complexity index is 210. The molecule has 0 aromatic carbocycles. The summed E-state index contributed by atoms with van der Waals surface area (Å²) in [5, 5.41) is 8.37. The van der Waals surface area contributed by atoms with Gasteiger partial charge in [0.1, 0.15) is 12.4 Å². The second-order valence-corrected chi connectivity index (χ2v) is 3.11. The van der Waals surface area contributed by atoms with Gasteiger partial charge in [-0.2, -0.15) is 0 Å². The van der Waals surface area contributed by atoms with Crippen molar-refractivity contribution in [1.82, 2.24) is 0 Å². The van der Waals surface area contributed by atoms with E-state index in [-0.39, 0.29) is 12.5 Å². The molecule has 0 radical (unpaired) electrons. The number of carbonyl (C=O) groups excluding carboxylic acids is 1. The lowest BCUT2D eigenvalue weighted by molar-refractivity contribution is -0.120. The van der Waals surface area contributed by atoms with Crippen molar-refractivity contribution >= 4 is 5.78 Å². The SMILES string of the molecule is O=C1CCCC1CCC#CCO. The Hall–Kier alpha value is -0.810. The van der Waals surface area contributed by atoms with E-state index in [1.54, 1.807) is 0 Å². The summed E-state index contributed by atoms with van der Waals surface area (Å²) in [6, 6.07) is 0. The first-order valence-electron chi connectivity index (χ1n) is 4.44. The van der Waals surface area contributed by atoms with Gasteiger partial charge in [0.15, 0.2) is 0 Å². The maximum Gasteiger partial charge on any atom is 0.136 e. The van der Waals surface area contributed by atoms with Crippen LogP contribution in [0.4, 0.5) is 0 Å². The summed E-state index contributed by atoms with van der Waals surface area (Å²) in [6.45, 7) is -0.0708. The lowest BCUT2D eigenvalue weighted by atomic mass is 10.0. The van der Waals surface area contributed by atoms with Crippen LogP contribution in [-0.2, 0) is 4.79 Å². The highest BCUT2D eigenvalue weighted by Gasteiger charge is 2.22. The number of hydrogen-bond acceptors (Lipinski definition) is 2. The van der Waals surface area contributed by atoms with Crippen molar-refractivity contribution in [3.05, 3.63) is 0 Å². The molecule has 1 unspecified atom stereocenters. The maximum absolute atomic E-state index is 11.1.